The summed E-state index contributed by atoms with van der Waals surface area (Å²) in [6.45, 7) is 0.514. The maximum absolute atomic E-state index is 10.2. The maximum Gasteiger partial charge on any atom is 0.277 e. The van der Waals surface area contributed by atoms with Gasteiger partial charge in [-0.15, -0.1) is 0 Å². The van der Waals surface area contributed by atoms with Crippen LogP contribution in [0.2, 0.25) is 0 Å². The van der Waals surface area contributed by atoms with E-state index in [-0.39, 0.29) is 5.92 Å². The minimum atomic E-state index is -1.12. The summed E-state index contributed by atoms with van der Waals surface area (Å²) in [5.41, 5.74) is 4.92. The van der Waals surface area contributed by atoms with Gasteiger partial charge in [-0.05, 0) is 29.8 Å². The Labute approximate surface area is 166 Å². The summed E-state index contributed by atoms with van der Waals surface area (Å²) in [7, 11) is 0. The van der Waals surface area contributed by atoms with Crippen LogP contribution in [0.1, 0.15) is 11.5 Å². The average molecular weight is 389 g/mol. The van der Waals surface area contributed by atoms with Crippen LogP contribution >= 0.6 is 11.8 Å². The Morgan fingerprint density at radius 3 is 2.57 bits per heavy atom. The molecule has 7 heteroatoms. The van der Waals surface area contributed by atoms with Gasteiger partial charge in [0, 0.05) is 11.7 Å². The van der Waals surface area contributed by atoms with E-state index in [9.17, 15) is 10.5 Å². The Balaban J connectivity index is 1.58. The van der Waals surface area contributed by atoms with Gasteiger partial charge in [-0.25, -0.2) is 4.99 Å². The predicted molar refractivity (Wildman–Crippen MR) is 103 cm³/mol. The number of hydrogen-bond donors (Lipinski definition) is 2. The zero-order valence-corrected chi connectivity index (χ0v) is 15.7. The van der Waals surface area contributed by atoms with E-state index in [1.54, 1.807) is 0 Å². The molecule has 2 fully saturated rings. The molecule has 3 aliphatic rings. The molecule has 138 valence electrons. The van der Waals surface area contributed by atoms with Gasteiger partial charge in [-0.3, -0.25) is 5.73 Å². The van der Waals surface area contributed by atoms with Gasteiger partial charge >= 0.3 is 0 Å². The SMILES string of the molecule is N#C[C@@]12[C@H](c3cccc(Oc4ccccc4)c3)[C@]1(C#N)C(N)=[NH+][C@@]21OCCS1. The molecule has 2 heterocycles. The van der Waals surface area contributed by atoms with Gasteiger partial charge in [-0.1, -0.05) is 42.1 Å². The van der Waals surface area contributed by atoms with Gasteiger partial charge in [0.15, 0.2) is 10.8 Å². The van der Waals surface area contributed by atoms with Crippen LogP contribution in [-0.2, 0) is 4.74 Å². The molecule has 0 radical (unpaired) electrons. The first kappa shape index (κ1) is 17.1. The summed E-state index contributed by atoms with van der Waals surface area (Å²) < 4.78 is 11.9. The number of nitrogens with two attached hydrogens (primary N) is 1. The van der Waals surface area contributed by atoms with Crippen molar-refractivity contribution in [3.05, 3.63) is 60.2 Å². The van der Waals surface area contributed by atoms with Crippen LogP contribution in [0.5, 0.6) is 11.5 Å². The van der Waals surface area contributed by atoms with E-state index in [0.29, 0.717) is 18.2 Å². The molecule has 1 saturated heterocycles. The molecule has 1 aliphatic carbocycles. The number of rotatable bonds is 3. The fourth-order valence-electron chi connectivity index (χ4n) is 4.70. The topological polar surface area (TPSA) is 106 Å². The Kier molecular flexibility index (Phi) is 3.51. The van der Waals surface area contributed by atoms with Crippen LogP contribution in [0.25, 0.3) is 0 Å². The summed E-state index contributed by atoms with van der Waals surface area (Å²) in [5, 5.41) is 19.3. The van der Waals surface area contributed by atoms with Crippen molar-refractivity contribution in [2.45, 2.75) is 11.0 Å². The van der Waals surface area contributed by atoms with E-state index in [2.05, 4.69) is 17.1 Å². The van der Waals surface area contributed by atoms with Crippen LogP contribution in [0.15, 0.2) is 54.6 Å². The largest absolute Gasteiger partial charge is 0.457 e. The Morgan fingerprint density at radius 2 is 1.89 bits per heavy atom. The Morgan fingerprint density at radius 1 is 1.11 bits per heavy atom. The summed E-state index contributed by atoms with van der Waals surface area (Å²) in [5.74, 6) is 2.04. The van der Waals surface area contributed by atoms with Crippen molar-refractivity contribution in [2.24, 2.45) is 16.6 Å². The summed E-state index contributed by atoms with van der Waals surface area (Å²) >= 11 is 1.51. The molecule has 0 amide bonds. The lowest BCUT2D eigenvalue weighted by atomic mass is 9.95. The molecule has 0 unspecified atom stereocenters. The third-order valence-electron chi connectivity index (χ3n) is 5.86. The van der Waals surface area contributed by atoms with Gasteiger partial charge < -0.3 is 9.47 Å². The van der Waals surface area contributed by atoms with Gasteiger partial charge in [0.25, 0.3) is 10.9 Å². The molecule has 2 aromatic carbocycles. The highest BCUT2D eigenvalue weighted by Crippen LogP contribution is 2.80. The molecule has 4 atom stereocenters. The number of fused-ring (bicyclic) bond motifs is 2. The van der Waals surface area contributed by atoms with Gasteiger partial charge in [0.05, 0.1) is 18.7 Å². The second-order valence-electron chi connectivity index (χ2n) is 7.11. The molecule has 28 heavy (non-hydrogen) atoms. The van der Waals surface area contributed by atoms with E-state index in [1.807, 2.05) is 54.6 Å². The quantitative estimate of drug-likeness (QED) is 0.823. The molecule has 2 aliphatic heterocycles. The number of nitriles is 2. The molecule has 5 rings (SSSR count). The van der Waals surface area contributed by atoms with Gasteiger partial charge in [-0.2, -0.15) is 10.5 Å². The number of thioether (sulfide) groups is 1. The molecule has 0 aromatic heterocycles. The summed E-state index contributed by atoms with van der Waals surface area (Å²) in [6.07, 6.45) is 0. The highest BCUT2D eigenvalue weighted by molar-refractivity contribution is 8.00. The fraction of sp³-hybridized carbons (Fsp3) is 0.286. The highest BCUT2D eigenvalue weighted by atomic mass is 32.2. The van der Waals surface area contributed by atoms with Crippen molar-refractivity contribution in [3.63, 3.8) is 0 Å². The minimum absolute atomic E-state index is 0.310. The van der Waals surface area contributed by atoms with Gasteiger partial charge in [0.2, 0.25) is 0 Å². The van der Waals surface area contributed by atoms with E-state index in [1.165, 1.54) is 11.8 Å². The lowest BCUT2D eigenvalue weighted by molar-refractivity contribution is -0.583. The molecule has 2 aromatic rings. The zero-order chi connectivity index (χ0) is 19.4. The minimum Gasteiger partial charge on any atom is -0.457 e. The van der Waals surface area contributed by atoms with Crippen LogP contribution in [0.3, 0.4) is 0 Å². The number of hydrogen-bond acceptors (Lipinski definition) is 6. The van der Waals surface area contributed by atoms with Crippen molar-refractivity contribution < 1.29 is 14.5 Å². The van der Waals surface area contributed by atoms with E-state index in [4.69, 9.17) is 15.2 Å². The number of nitrogens with zero attached hydrogens (tertiary/aromatic N) is 2. The third kappa shape index (κ3) is 1.88. The second kappa shape index (κ2) is 5.75. The first-order valence-electron chi connectivity index (χ1n) is 8.98. The third-order valence-corrected chi connectivity index (χ3v) is 7.18. The second-order valence-corrected chi connectivity index (χ2v) is 8.38. The molecule has 1 saturated carbocycles. The number of ether oxygens (including phenoxy) is 2. The van der Waals surface area contributed by atoms with Crippen molar-refractivity contribution in [2.75, 3.05) is 12.4 Å². The van der Waals surface area contributed by atoms with Crippen molar-refractivity contribution in [1.82, 2.24) is 0 Å². The van der Waals surface area contributed by atoms with Crippen LogP contribution in [-0.4, -0.2) is 23.3 Å². The van der Waals surface area contributed by atoms with Crippen LogP contribution < -0.4 is 15.5 Å². The smallest absolute Gasteiger partial charge is 0.277 e. The van der Waals surface area contributed by atoms with Gasteiger partial charge in [0.1, 0.15) is 11.5 Å². The number of benzene rings is 2. The summed E-state index contributed by atoms with van der Waals surface area (Å²) in [6, 6.07) is 21.8. The number of nitrogens with one attached hydrogen (secondary N) is 1. The summed E-state index contributed by atoms with van der Waals surface area (Å²) in [4.78, 5) is 3.13. The number of para-hydroxylation sites is 1. The highest BCUT2D eigenvalue weighted by Gasteiger charge is 2.96. The molecule has 6 nitrogen and oxygen atoms in total. The zero-order valence-electron chi connectivity index (χ0n) is 14.9. The predicted octanol–water partition coefficient (Wildman–Crippen LogP) is 1.46. The van der Waals surface area contributed by atoms with E-state index < -0.39 is 15.9 Å². The average Bonchev–Trinajstić information content (AvgIpc) is 2.98. The molecule has 0 bridgehead atoms. The lowest BCUT2D eigenvalue weighted by Crippen LogP contribution is -2.88. The maximum atomic E-state index is 10.2. The molecule has 3 N–H and O–H groups in total. The Hall–Kier alpha value is -3.00. The first-order chi connectivity index (χ1) is 13.6. The van der Waals surface area contributed by atoms with Crippen molar-refractivity contribution in [3.8, 4) is 23.6 Å². The van der Waals surface area contributed by atoms with Crippen LogP contribution in [0.4, 0.5) is 0 Å². The van der Waals surface area contributed by atoms with Crippen LogP contribution in [0, 0.1) is 33.5 Å². The molecular formula is C21H17N4O2S+. The standard InChI is InChI=1S/C21H16N4O2S/c22-12-19-17(20(19,13-23)21(25-18(19)24)26-9-10-28-21)14-5-4-8-16(11-14)27-15-6-2-1-3-7-15/h1-8,11,17H,9-10H2,(H2,24,25)/p+1/t17-,19-,20-,21-/m1/s1. The normalized spacial score (nSPS) is 34.9. The molecular weight excluding hydrogens is 372 g/mol. The lowest BCUT2D eigenvalue weighted by Gasteiger charge is -2.23. The molecule has 1 spiro atoms. The fourth-order valence-corrected chi connectivity index (χ4v) is 6.06. The number of amidine groups is 1. The monoisotopic (exact) mass is 389 g/mol. The van der Waals surface area contributed by atoms with Crippen molar-refractivity contribution in [1.29, 1.82) is 10.5 Å². The first-order valence-corrected chi connectivity index (χ1v) is 9.96. The van der Waals surface area contributed by atoms with E-state index in [0.717, 1.165) is 17.1 Å². The van der Waals surface area contributed by atoms with Crippen molar-refractivity contribution >= 4 is 17.6 Å². The Bertz CT molecular complexity index is 1070. The van der Waals surface area contributed by atoms with E-state index >= 15 is 0 Å².